The first-order chi connectivity index (χ1) is 31.2. The summed E-state index contributed by atoms with van der Waals surface area (Å²) >= 11 is 0. The second-order valence-corrected chi connectivity index (χ2v) is 15.9. The predicted octanol–water partition coefficient (Wildman–Crippen LogP) is 15.1. The zero-order chi connectivity index (χ0) is 41.4. The maximum absolute atomic E-state index is 7.06. The highest BCUT2D eigenvalue weighted by atomic mass is 16.3. The molecular formula is C57H34N4O2. The van der Waals surface area contributed by atoms with Gasteiger partial charge in [0.1, 0.15) is 22.3 Å². The first-order valence-corrected chi connectivity index (χ1v) is 21.1. The summed E-state index contributed by atoms with van der Waals surface area (Å²) in [4.78, 5) is 15.7. The molecule has 0 aliphatic rings. The second kappa shape index (κ2) is 14.0. The normalized spacial score (nSPS) is 11.8. The highest BCUT2D eigenvalue weighted by molar-refractivity contribution is 6.15. The van der Waals surface area contributed by atoms with Crippen LogP contribution in [0.4, 0.5) is 0 Å². The van der Waals surface area contributed by atoms with Crippen molar-refractivity contribution in [2.75, 3.05) is 0 Å². The Morgan fingerprint density at radius 1 is 0.302 bits per heavy atom. The Hall–Kier alpha value is -8.61. The third-order valence-corrected chi connectivity index (χ3v) is 12.3. The molecule has 0 saturated heterocycles. The van der Waals surface area contributed by atoms with Crippen molar-refractivity contribution < 1.29 is 8.83 Å². The number of hydrogen-bond acceptors (Lipinski definition) is 5. The molecule has 9 aromatic carbocycles. The molecule has 0 N–H and O–H groups in total. The zero-order valence-electron chi connectivity index (χ0n) is 33.7. The monoisotopic (exact) mass is 806 g/mol. The van der Waals surface area contributed by atoms with Gasteiger partial charge in [-0.2, -0.15) is 0 Å². The summed E-state index contributed by atoms with van der Waals surface area (Å²) in [6, 6.07) is 71.5. The average molecular weight is 807 g/mol. The van der Waals surface area contributed by atoms with Crippen LogP contribution in [0.2, 0.25) is 0 Å². The lowest BCUT2D eigenvalue weighted by Crippen LogP contribution is -2.00. The van der Waals surface area contributed by atoms with E-state index in [1.165, 1.54) is 16.3 Å². The van der Waals surface area contributed by atoms with Crippen molar-refractivity contribution in [3.05, 3.63) is 206 Å². The van der Waals surface area contributed by atoms with Crippen molar-refractivity contribution in [2.24, 2.45) is 0 Å². The van der Waals surface area contributed by atoms with E-state index in [9.17, 15) is 0 Å². The third kappa shape index (κ3) is 5.62. The fourth-order valence-corrected chi connectivity index (χ4v) is 9.35. The van der Waals surface area contributed by atoms with E-state index in [4.69, 9.17) is 23.8 Å². The summed E-state index contributed by atoms with van der Waals surface area (Å²) in [7, 11) is 0. The standard InChI is InChI=1S/C57H34N4O2/c1-3-15-35(16-4-1)36-17-11-18-38(33-36)55-58-56(47-27-13-24-44-43-22-8-10-30-51(43)62-53(44)47)60-57(59-55)48-28-14-26-46-45-25-12-23-40(52(45)63-54(46)48)37-31-32-42-41-21-7-9-29-49(41)61(50(42)34-37)39-19-5-2-6-20-39/h1-34H. The molecule has 0 aliphatic carbocycles. The van der Waals surface area contributed by atoms with Gasteiger partial charge in [-0.05, 0) is 65.2 Å². The van der Waals surface area contributed by atoms with E-state index in [2.05, 4.69) is 168 Å². The number of para-hydroxylation sites is 6. The number of aromatic nitrogens is 4. The van der Waals surface area contributed by atoms with E-state index in [0.717, 1.165) is 88.4 Å². The molecule has 4 heterocycles. The van der Waals surface area contributed by atoms with Gasteiger partial charge in [-0.15, -0.1) is 0 Å². The first kappa shape index (κ1) is 35.2. The van der Waals surface area contributed by atoms with Gasteiger partial charge >= 0.3 is 0 Å². The van der Waals surface area contributed by atoms with Gasteiger partial charge in [0.15, 0.2) is 17.5 Å². The quantitative estimate of drug-likeness (QED) is 0.167. The molecule has 0 unspecified atom stereocenters. The lowest BCUT2D eigenvalue weighted by atomic mass is 10.0. The third-order valence-electron chi connectivity index (χ3n) is 12.3. The lowest BCUT2D eigenvalue weighted by molar-refractivity contribution is 0.669. The van der Waals surface area contributed by atoms with Crippen LogP contribution in [0.1, 0.15) is 0 Å². The average Bonchev–Trinajstić information content (AvgIpc) is 4.04. The second-order valence-electron chi connectivity index (χ2n) is 15.9. The number of rotatable bonds is 6. The van der Waals surface area contributed by atoms with E-state index in [1.54, 1.807) is 0 Å². The lowest BCUT2D eigenvalue weighted by Gasteiger charge is -2.10. The minimum atomic E-state index is 0.508. The molecule has 4 aromatic heterocycles. The Bertz CT molecular complexity index is 3920. The number of furan rings is 2. The molecule has 13 rings (SSSR count). The summed E-state index contributed by atoms with van der Waals surface area (Å²) in [6.45, 7) is 0. The molecule has 0 saturated carbocycles. The van der Waals surface area contributed by atoms with E-state index >= 15 is 0 Å². The van der Waals surface area contributed by atoms with Crippen molar-refractivity contribution in [3.63, 3.8) is 0 Å². The molecule has 0 spiro atoms. The number of fused-ring (bicyclic) bond motifs is 9. The van der Waals surface area contributed by atoms with Crippen molar-refractivity contribution in [1.82, 2.24) is 19.5 Å². The molecular weight excluding hydrogens is 773 g/mol. The molecule has 6 heteroatoms. The SMILES string of the molecule is c1ccc(-c2cccc(-c3nc(-c4cccc5c4oc4ccccc45)nc(-c4cccc5c4oc4c(-c6ccc7c8ccccc8n(-c8ccccc8)c7c6)cccc45)n3)c2)cc1. The Morgan fingerprint density at radius 2 is 0.825 bits per heavy atom. The van der Waals surface area contributed by atoms with Gasteiger partial charge in [-0.1, -0.05) is 158 Å². The summed E-state index contributed by atoms with van der Waals surface area (Å²) < 4.78 is 15.9. The molecule has 294 valence electrons. The largest absolute Gasteiger partial charge is 0.455 e. The summed E-state index contributed by atoms with van der Waals surface area (Å²) in [5, 5.41) is 6.47. The van der Waals surface area contributed by atoms with Gasteiger partial charge in [0.05, 0.1) is 22.2 Å². The Labute approximate surface area is 361 Å². The van der Waals surface area contributed by atoms with E-state index in [1.807, 2.05) is 42.5 Å². The summed E-state index contributed by atoms with van der Waals surface area (Å²) in [5.41, 5.74) is 13.2. The van der Waals surface area contributed by atoms with Gasteiger partial charge in [0.25, 0.3) is 0 Å². The van der Waals surface area contributed by atoms with Crippen molar-refractivity contribution in [3.8, 4) is 62.1 Å². The molecule has 0 atom stereocenters. The van der Waals surface area contributed by atoms with E-state index < -0.39 is 0 Å². The number of benzene rings is 9. The maximum Gasteiger partial charge on any atom is 0.167 e. The fraction of sp³-hybridized carbons (Fsp3) is 0. The molecule has 0 radical (unpaired) electrons. The Morgan fingerprint density at radius 3 is 1.59 bits per heavy atom. The zero-order valence-corrected chi connectivity index (χ0v) is 33.7. The molecule has 0 bridgehead atoms. The van der Waals surface area contributed by atoms with Crippen LogP contribution in [0.5, 0.6) is 0 Å². The number of hydrogen-bond donors (Lipinski definition) is 0. The van der Waals surface area contributed by atoms with Crippen LogP contribution >= 0.6 is 0 Å². The molecule has 0 fully saturated rings. The van der Waals surface area contributed by atoms with Gasteiger partial charge in [-0.3, -0.25) is 0 Å². The summed E-state index contributed by atoms with van der Waals surface area (Å²) in [5.74, 6) is 1.57. The van der Waals surface area contributed by atoms with Crippen molar-refractivity contribution in [2.45, 2.75) is 0 Å². The van der Waals surface area contributed by atoms with Crippen LogP contribution in [0.15, 0.2) is 215 Å². The highest BCUT2D eigenvalue weighted by Gasteiger charge is 2.22. The predicted molar refractivity (Wildman–Crippen MR) is 256 cm³/mol. The minimum Gasteiger partial charge on any atom is -0.455 e. The maximum atomic E-state index is 7.06. The van der Waals surface area contributed by atoms with Crippen LogP contribution in [0.25, 0.3) is 128 Å². The smallest absolute Gasteiger partial charge is 0.167 e. The molecule has 13 aromatic rings. The van der Waals surface area contributed by atoms with Crippen LogP contribution in [-0.2, 0) is 0 Å². The summed E-state index contributed by atoms with van der Waals surface area (Å²) in [6.07, 6.45) is 0. The molecule has 63 heavy (non-hydrogen) atoms. The van der Waals surface area contributed by atoms with Crippen LogP contribution < -0.4 is 0 Å². The molecule has 0 amide bonds. The van der Waals surface area contributed by atoms with Crippen molar-refractivity contribution >= 4 is 65.7 Å². The first-order valence-electron chi connectivity index (χ1n) is 21.1. The van der Waals surface area contributed by atoms with Crippen LogP contribution in [0.3, 0.4) is 0 Å². The highest BCUT2D eigenvalue weighted by Crippen LogP contribution is 2.42. The topological polar surface area (TPSA) is 69.9 Å². The van der Waals surface area contributed by atoms with Crippen LogP contribution in [-0.4, -0.2) is 19.5 Å². The number of nitrogens with zero attached hydrogens (tertiary/aromatic N) is 4. The van der Waals surface area contributed by atoms with Gasteiger partial charge in [0, 0.05) is 49.1 Å². The fourth-order valence-electron chi connectivity index (χ4n) is 9.35. The Kier molecular flexibility index (Phi) is 7.80. The van der Waals surface area contributed by atoms with E-state index in [0.29, 0.717) is 23.1 Å². The van der Waals surface area contributed by atoms with Gasteiger partial charge in [-0.25, -0.2) is 15.0 Å². The minimum absolute atomic E-state index is 0.508. The van der Waals surface area contributed by atoms with Gasteiger partial charge in [0.2, 0.25) is 0 Å². The van der Waals surface area contributed by atoms with Gasteiger partial charge < -0.3 is 13.4 Å². The molecule has 0 aliphatic heterocycles. The molecule has 6 nitrogen and oxygen atoms in total. The van der Waals surface area contributed by atoms with E-state index in [-0.39, 0.29) is 0 Å². The van der Waals surface area contributed by atoms with Crippen molar-refractivity contribution in [1.29, 1.82) is 0 Å². The Balaban J connectivity index is 1.02. The van der Waals surface area contributed by atoms with Crippen LogP contribution in [0, 0.1) is 0 Å².